The summed E-state index contributed by atoms with van der Waals surface area (Å²) in [6.07, 6.45) is 5.47. The SMILES string of the molecule is CCCC(C)CN1CC(C2CC2)NCc2ccccc21. The lowest BCUT2D eigenvalue weighted by atomic mass is 10.0. The highest BCUT2D eigenvalue weighted by Gasteiger charge is 2.34. The number of hydrogen-bond acceptors (Lipinski definition) is 2. The standard InChI is InChI=1S/C18H28N2/c1-3-6-14(2)12-20-13-17(15-9-10-15)19-11-16-7-4-5-8-18(16)20/h4-5,7-8,14-15,17,19H,3,6,9-13H2,1-2H3. The van der Waals surface area contributed by atoms with Crippen molar-refractivity contribution in [2.75, 3.05) is 18.0 Å². The molecule has 2 aliphatic rings. The van der Waals surface area contributed by atoms with Gasteiger partial charge in [-0.25, -0.2) is 0 Å². The van der Waals surface area contributed by atoms with Crippen molar-refractivity contribution in [1.29, 1.82) is 0 Å². The van der Waals surface area contributed by atoms with E-state index in [0.717, 1.165) is 18.4 Å². The zero-order valence-electron chi connectivity index (χ0n) is 12.9. The third-order valence-electron chi connectivity index (χ3n) is 4.81. The molecule has 0 spiro atoms. The van der Waals surface area contributed by atoms with Gasteiger partial charge in [-0.3, -0.25) is 0 Å². The van der Waals surface area contributed by atoms with E-state index >= 15 is 0 Å². The van der Waals surface area contributed by atoms with Gasteiger partial charge in [0, 0.05) is 31.4 Å². The molecule has 0 amide bonds. The molecule has 2 unspecified atom stereocenters. The minimum Gasteiger partial charge on any atom is -0.369 e. The van der Waals surface area contributed by atoms with Gasteiger partial charge in [0.25, 0.3) is 0 Å². The van der Waals surface area contributed by atoms with E-state index < -0.39 is 0 Å². The normalized spacial score (nSPS) is 24.1. The van der Waals surface area contributed by atoms with Gasteiger partial charge in [0.05, 0.1) is 0 Å². The Bertz CT molecular complexity index is 439. The summed E-state index contributed by atoms with van der Waals surface area (Å²) in [4.78, 5) is 2.65. The van der Waals surface area contributed by atoms with Crippen molar-refractivity contribution in [3.8, 4) is 0 Å². The van der Waals surface area contributed by atoms with E-state index in [-0.39, 0.29) is 0 Å². The maximum atomic E-state index is 3.79. The molecule has 1 fully saturated rings. The molecule has 0 aromatic heterocycles. The van der Waals surface area contributed by atoms with Crippen LogP contribution >= 0.6 is 0 Å². The summed E-state index contributed by atoms with van der Waals surface area (Å²) in [6, 6.07) is 9.65. The number of para-hydroxylation sites is 1. The van der Waals surface area contributed by atoms with Gasteiger partial charge in [-0.1, -0.05) is 38.5 Å². The summed E-state index contributed by atoms with van der Waals surface area (Å²) >= 11 is 0. The Balaban J connectivity index is 1.78. The smallest absolute Gasteiger partial charge is 0.0412 e. The van der Waals surface area contributed by atoms with Crippen molar-refractivity contribution in [1.82, 2.24) is 5.32 Å². The van der Waals surface area contributed by atoms with Crippen molar-refractivity contribution in [3.63, 3.8) is 0 Å². The first-order valence-corrected chi connectivity index (χ1v) is 8.34. The average Bonchev–Trinajstić information content (AvgIpc) is 3.26. The molecule has 1 aliphatic carbocycles. The monoisotopic (exact) mass is 272 g/mol. The molecule has 1 N–H and O–H groups in total. The first-order valence-electron chi connectivity index (χ1n) is 8.34. The van der Waals surface area contributed by atoms with E-state index in [1.165, 1.54) is 50.0 Å². The Hall–Kier alpha value is -1.02. The van der Waals surface area contributed by atoms with E-state index in [0.29, 0.717) is 6.04 Å². The van der Waals surface area contributed by atoms with Gasteiger partial charge in [0.1, 0.15) is 0 Å². The molecule has 1 heterocycles. The van der Waals surface area contributed by atoms with Crippen LogP contribution in [0.5, 0.6) is 0 Å². The van der Waals surface area contributed by atoms with Gasteiger partial charge in [0.2, 0.25) is 0 Å². The van der Waals surface area contributed by atoms with Gasteiger partial charge in [-0.05, 0) is 42.7 Å². The zero-order valence-corrected chi connectivity index (χ0v) is 12.9. The first-order chi connectivity index (χ1) is 9.78. The van der Waals surface area contributed by atoms with Crippen molar-refractivity contribution in [2.24, 2.45) is 11.8 Å². The van der Waals surface area contributed by atoms with Crippen LogP contribution in [0.3, 0.4) is 0 Å². The average molecular weight is 272 g/mol. The Morgan fingerprint density at radius 3 is 2.85 bits per heavy atom. The third-order valence-corrected chi connectivity index (χ3v) is 4.81. The van der Waals surface area contributed by atoms with Crippen LogP contribution < -0.4 is 10.2 Å². The first kappa shape index (κ1) is 13.9. The molecule has 20 heavy (non-hydrogen) atoms. The van der Waals surface area contributed by atoms with Crippen LogP contribution in [0, 0.1) is 11.8 Å². The lowest BCUT2D eigenvalue weighted by molar-refractivity contribution is 0.445. The van der Waals surface area contributed by atoms with E-state index in [1.54, 1.807) is 0 Å². The molecule has 1 saturated carbocycles. The Kier molecular flexibility index (Phi) is 4.30. The van der Waals surface area contributed by atoms with Gasteiger partial charge in [0.15, 0.2) is 0 Å². The lowest BCUT2D eigenvalue weighted by Gasteiger charge is -2.30. The quantitative estimate of drug-likeness (QED) is 0.877. The highest BCUT2D eigenvalue weighted by Crippen LogP contribution is 2.36. The van der Waals surface area contributed by atoms with Crippen molar-refractivity contribution in [3.05, 3.63) is 29.8 Å². The van der Waals surface area contributed by atoms with E-state index in [9.17, 15) is 0 Å². The van der Waals surface area contributed by atoms with E-state index in [4.69, 9.17) is 0 Å². The fourth-order valence-corrected chi connectivity index (χ4v) is 3.56. The summed E-state index contributed by atoms with van der Waals surface area (Å²) in [5, 5.41) is 3.79. The van der Waals surface area contributed by atoms with Crippen molar-refractivity contribution < 1.29 is 0 Å². The number of nitrogens with one attached hydrogen (secondary N) is 1. The topological polar surface area (TPSA) is 15.3 Å². The molecule has 1 aromatic rings. The number of rotatable bonds is 5. The number of anilines is 1. The lowest BCUT2D eigenvalue weighted by Crippen LogP contribution is -2.41. The molecule has 1 aliphatic heterocycles. The fraction of sp³-hybridized carbons (Fsp3) is 0.667. The molecular formula is C18H28N2. The van der Waals surface area contributed by atoms with Crippen LogP contribution in [0.25, 0.3) is 0 Å². The largest absolute Gasteiger partial charge is 0.369 e. The molecule has 1 aromatic carbocycles. The maximum Gasteiger partial charge on any atom is 0.0412 e. The molecule has 3 rings (SSSR count). The summed E-state index contributed by atoms with van der Waals surface area (Å²) in [7, 11) is 0. The fourth-order valence-electron chi connectivity index (χ4n) is 3.56. The molecule has 110 valence electrons. The molecule has 2 atom stereocenters. The number of nitrogens with zero attached hydrogens (tertiary/aromatic N) is 1. The molecule has 0 radical (unpaired) electrons. The highest BCUT2D eigenvalue weighted by atomic mass is 15.2. The minimum absolute atomic E-state index is 0.691. The van der Waals surface area contributed by atoms with Gasteiger partial charge in [-0.2, -0.15) is 0 Å². The predicted octanol–water partition coefficient (Wildman–Crippen LogP) is 3.81. The summed E-state index contributed by atoms with van der Waals surface area (Å²) in [5.74, 6) is 1.71. The van der Waals surface area contributed by atoms with Crippen LogP contribution in [0.1, 0.15) is 45.1 Å². The second-order valence-corrected chi connectivity index (χ2v) is 6.75. The number of fused-ring (bicyclic) bond motifs is 1. The second-order valence-electron chi connectivity index (χ2n) is 6.75. The number of hydrogen-bond donors (Lipinski definition) is 1. The van der Waals surface area contributed by atoms with Gasteiger partial charge in [-0.15, -0.1) is 0 Å². The Morgan fingerprint density at radius 1 is 1.30 bits per heavy atom. The van der Waals surface area contributed by atoms with Crippen LogP contribution in [-0.4, -0.2) is 19.1 Å². The van der Waals surface area contributed by atoms with Gasteiger partial charge >= 0.3 is 0 Å². The van der Waals surface area contributed by atoms with Crippen LogP contribution in [-0.2, 0) is 6.54 Å². The van der Waals surface area contributed by atoms with Crippen LogP contribution in [0.2, 0.25) is 0 Å². The van der Waals surface area contributed by atoms with Crippen molar-refractivity contribution >= 4 is 5.69 Å². The zero-order chi connectivity index (χ0) is 13.9. The van der Waals surface area contributed by atoms with E-state index in [2.05, 4.69) is 48.3 Å². The summed E-state index contributed by atoms with van der Waals surface area (Å²) in [6.45, 7) is 8.12. The van der Waals surface area contributed by atoms with Crippen LogP contribution in [0.15, 0.2) is 24.3 Å². The third kappa shape index (κ3) is 3.17. The molecular weight excluding hydrogens is 244 g/mol. The van der Waals surface area contributed by atoms with Crippen LogP contribution in [0.4, 0.5) is 5.69 Å². The molecule has 2 nitrogen and oxygen atoms in total. The Labute approximate surface area is 123 Å². The van der Waals surface area contributed by atoms with E-state index in [1.807, 2.05) is 0 Å². The van der Waals surface area contributed by atoms with Crippen molar-refractivity contribution in [2.45, 2.75) is 52.1 Å². The number of benzene rings is 1. The molecule has 0 saturated heterocycles. The summed E-state index contributed by atoms with van der Waals surface area (Å²) in [5.41, 5.74) is 2.94. The second kappa shape index (κ2) is 6.17. The minimum atomic E-state index is 0.691. The molecule has 0 bridgehead atoms. The predicted molar refractivity (Wildman–Crippen MR) is 86.1 cm³/mol. The summed E-state index contributed by atoms with van der Waals surface area (Å²) < 4.78 is 0. The maximum absolute atomic E-state index is 3.79. The van der Waals surface area contributed by atoms with Gasteiger partial charge < -0.3 is 10.2 Å². The highest BCUT2D eigenvalue weighted by molar-refractivity contribution is 5.54. The Morgan fingerprint density at radius 2 is 2.10 bits per heavy atom. The molecule has 2 heteroatoms.